The lowest BCUT2D eigenvalue weighted by molar-refractivity contribution is -0.113. The van der Waals surface area contributed by atoms with Crippen LogP contribution in [0.5, 0.6) is 5.75 Å². The molecule has 1 heterocycles. The zero-order valence-electron chi connectivity index (χ0n) is 18.0. The minimum Gasteiger partial charge on any atom is -0.497 e. The maximum atomic E-state index is 12.6. The van der Waals surface area contributed by atoms with Crippen molar-refractivity contribution in [2.45, 2.75) is 31.6 Å². The Morgan fingerprint density at radius 1 is 1.19 bits per heavy atom. The van der Waals surface area contributed by atoms with E-state index in [0.717, 1.165) is 0 Å². The molecule has 0 saturated heterocycles. The summed E-state index contributed by atoms with van der Waals surface area (Å²) in [5.41, 5.74) is 1.05. The lowest BCUT2D eigenvalue weighted by Crippen LogP contribution is -2.29. The molecule has 8 nitrogen and oxygen atoms in total. The Labute approximate surface area is 195 Å². The third kappa shape index (κ3) is 5.80. The van der Waals surface area contributed by atoms with Crippen LogP contribution in [0.1, 0.15) is 36.1 Å². The molecular formula is C22H24ClN5O3S. The molecule has 0 aliphatic rings. The van der Waals surface area contributed by atoms with Gasteiger partial charge < -0.3 is 19.9 Å². The highest BCUT2D eigenvalue weighted by atomic mass is 35.5. The number of rotatable bonds is 9. The largest absolute Gasteiger partial charge is 0.497 e. The fraction of sp³-hybridized carbons (Fsp3) is 0.273. The van der Waals surface area contributed by atoms with Gasteiger partial charge in [0, 0.05) is 18.3 Å². The fourth-order valence-corrected chi connectivity index (χ4v) is 4.07. The second-order valence-corrected chi connectivity index (χ2v) is 8.18. The SMILES string of the molecule is CCn1c(SCC(=O)Nc2cccc(OC)c2)nnc1[C@@H](C)NC(=O)c1ccccc1Cl. The number of ether oxygens (including phenoxy) is 1. The molecule has 3 aromatic rings. The van der Waals surface area contributed by atoms with Crippen molar-refractivity contribution in [2.75, 3.05) is 18.2 Å². The number of thioether (sulfide) groups is 1. The van der Waals surface area contributed by atoms with Gasteiger partial charge in [-0.3, -0.25) is 9.59 Å². The number of aromatic nitrogens is 3. The summed E-state index contributed by atoms with van der Waals surface area (Å²) in [6.07, 6.45) is 0. The molecule has 1 atom stereocenters. The number of amides is 2. The molecule has 168 valence electrons. The van der Waals surface area contributed by atoms with Gasteiger partial charge in [-0.05, 0) is 38.1 Å². The molecule has 3 rings (SSSR count). The number of nitrogens with zero attached hydrogens (tertiary/aromatic N) is 3. The van der Waals surface area contributed by atoms with Crippen molar-refractivity contribution in [1.29, 1.82) is 0 Å². The molecule has 0 aliphatic heterocycles. The minimum atomic E-state index is -0.397. The van der Waals surface area contributed by atoms with Crippen molar-refractivity contribution in [3.8, 4) is 5.75 Å². The topological polar surface area (TPSA) is 98.1 Å². The van der Waals surface area contributed by atoms with Gasteiger partial charge in [-0.25, -0.2) is 0 Å². The van der Waals surface area contributed by atoms with Gasteiger partial charge in [0.1, 0.15) is 5.75 Å². The average Bonchev–Trinajstić information content (AvgIpc) is 3.21. The Morgan fingerprint density at radius 2 is 1.97 bits per heavy atom. The number of nitrogens with one attached hydrogen (secondary N) is 2. The maximum absolute atomic E-state index is 12.6. The van der Waals surface area contributed by atoms with Gasteiger partial charge >= 0.3 is 0 Å². The van der Waals surface area contributed by atoms with E-state index < -0.39 is 6.04 Å². The molecule has 0 bridgehead atoms. The molecule has 0 saturated carbocycles. The van der Waals surface area contributed by atoms with Gasteiger partial charge in [0.2, 0.25) is 5.91 Å². The molecular weight excluding hydrogens is 450 g/mol. The van der Waals surface area contributed by atoms with E-state index in [9.17, 15) is 9.59 Å². The first-order valence-corrected chi connectivity index (χ1v) is 11.3. The van der Waals surface area contributed by atoms with E-state index in [4.69, 9.17) is 16.3 Å². The summed E-state index contributed by atoms with van der Waals surface area (Å²) in [6.45, 7) is 4.37. The van der Waals surface area contributed by atoms with Gasteiger partial charge in [0.25, 0.3) is 5.91 Å². The zero-order chi connectivity index (χ0) is 23.1. The Kier molecular flexibility index (Phi) is 8.13. The van der Waals surface area contributed by atoms with Crippen LogP contribution in [-0.4, -0.2) is 39.4 Å². The monoisotopic (exact) mass is 473 g/mol. The highest BCUT2D eigenvalue weighted by Gasteiger charge is 2.21. The number of carbonyl (C=O) groups is 2. The predicted octanol–water partition coefficient (Wildman–Crippen LogP) is 4.18. The number of benzene rings is 2. The Balaban J connectivity index is 1.63. The Bertz CT molecular complexity index is 1100. The molecule has 0 unspecified atom stereocenters. The van der Waals surface area contributed by atoms with E-state index in [1.807, 2.05) is 18.4 Å². The number of hydrogen-bond acceptors (Lipinski definition) is 6. The molecule has 2 amide bonds. The molecule has 1 aromatic heterocycles. The van der Waals surface area contributed by atoms with Crippen LogP contribution in [0.25, 0.3) is 0 Å². The van der Waals surface area contributed by atoms with Crippen LogP contribution < -0.4 is 15.4 Å². The molecule has 10 heteroatoms. The number of methoxy groups -OCH3 is 1. The second-order valence-electron chi connectivity index (χ2n) is 6.83. The first-order valence-electron chi connectivity index (χ1n) is 9.98. The minimum absolute atomic E-state index is 0.162. The van der Waals surface area contributed by atoms with Gasteiger partial charge in [-0.2, -0.15) is 0 Å². The molecule has 0 aliphatic carbocycles. The third-order valence-electron chi connectivity index (χ3n) is 4.60. The van der Waals surface area contributed by atoms with Crippen molar-refractivity contribution in [1.82, 2.24) is 20.1 Å². The lowest BCUT2D eigenvalue weighted by atomic mass is 10.2. The van der Waals surface area contributed by atoms with Crippen LogP contribution in [0, 0.1) is 0 Å². The molecule has 32 heavy (non-hydrogen) atoms. The Hall–Kier alpha value is -3.04. The van der Waals surface area contributed by atoms with Crippen LogP contribution in [0.4, 0.5) is 5.69 Å². The number of carbonyl (C=O) groups excluding carboxylic acids is 2. The number of halogens is 1. The van der Waals surface area contributed by atoms with Crippen molar-refractivity contribution < 1.29 is 14.3 Å². The summed E-state index contributed by atoms with van der Waals surface area (Å²) < 4.78 is 7.04. The zero-order valence-corrected chi connectivity index (χ0v) is 19.5. The van der Waals surface area contributed by atoms with E-state index in [1.54, 1.807) is 55.6 Å². The van der Waals surface area contributed by atoms with Gasteiger partial charge in [0.05, 0.1) is 29.5 Å². The Morgan fingerprint density at radius 3 is 2.69 bits per heavy atom. The van der Waals surface area contributed by atoms with Gasteiger partial charge in [-0.15, -0.1) is 10.2 Å². The van der Waals surface area contributed by atoms with Gasteiger partial charge in [0.15, 0.2) is 11.0 Å². The maximum Gasteiger partial charge on any atom is 0.253 e. The summed E-state index contributed by atoms with van der Waals surface area (Å²) in [6, 6.07) is 13.6. The molecule has 2 aromatic carbocycles. The fourth-order valence-electron chi connectivity index (χ4n) is 3.04. The number of anilines is 1. The first kappa shape index (κ1) is 23.6. The molecule has 2 N–H and O–H groups in total. The van der Waals surface area contributed by atoms with E-state index in [0.29, 0.717) is 39.5 Å². The summed E-state index contributed by atoms with van der Waals surface area (Å²) >= 11 is 7.39. The van der Waals surface area contributed by atoms with E-state index in [-0.39, 0.29) is 17.6 Å². The predicted molar refractivity (Wildman–Crippen MR) is 125 cm³/mol. The smallest absolute Gasteiger partial charge is 0.253 e. The van der Waals surface area contributed by atoms with Crippen LogP contribution in [0.15, 0.2) is 53.7 Å². The van der Waals surface area contributed by atoms with Crippen LogP contribution in [0.2, 0.25) is 5.02 Å². The molecule has 0 spiro atoms. The van der Waals surface area contributed by atoms with Crippen LogP contribution in [-0.2, 0) is 11.3 Å². The number of hydrogen-bond donors (Lipinski definition) is 2. The van der Waals surface area contributed by atoms with E-state index in [2.05, 4.69) is 20.8 Å². The summed E-state index contributed by atoms with van der Waals surface area (Å²) in [4.78, 5) is 24.9. The summed E-state index contributed by atoms with van der Waals surface area (Å²) in [5.74, 6) is 0.966. The van der Waals surface area contributed by atoms with Crippen LogP contribution >= 0.6 is 23.4 Å². The van der Waals surface area contributed by atoms with Crippen molar-refractivity contribution in [3.05, 3.63) is 64.9 Å². The second kappa shape index (κ2) is 11.0. The quantitative estimate of drug-likeness (QED) is 0.452. The third-order valence-corrected chi connectivity index (χ3v) is 5.90. The van der Waals surface area contributed by atoms with Crippen LogP contribution in [0.3, 0.4) is 0 Å². The first-order chi connectivity index (χ1) is 15.4. The normalized spacial score (nSPS) is 11.6. The van der Waals surface area contributed by atoms with Crippen molar-refractivity contribution >= 4 is 40.9 Å². The standard InChI is InChI=1S/C22H24ClN5O3S/c1-4-28-20(14(2)24-21(30)17-10-5-6-11-18(17)23)26-27-22(28)32-13-19(29)25-15-8-7-9-16(12-15)31-3/h5-12,14H,4,13H2,1-3H3,(H,24,30)(H,25,29)/t14-/m1/s1. The van der Waals surface area contributed by atoms with Gasteiger partial charge in [-0.1, -0.05) is 41.6 Å². The summed E-state index contributed by atoms with van der Waals surface area (Å²) in [5, 5.41) is 15.2. The average molecular weight is 474 g/mol. The van der Waals surface area contributed by atoms with E-state index in [1.165, 1.54) is 11.8 Å². The lowest BCUT2D eigenvalue weighted by Gasteiger charge is -2.15. The molecule has 0 radical (unpaired) electrons. The van der Waals surface area contributed by atoms with E-state index >= 15 is 0 Å². The highest BCUT2D eigenvalue weighted by Crippen LogP contribution is 2.23. The van der Waals surface area contributed by atoms with Crippen molar-refractivity contribution in [3.63, 3.8) is 0 Å². The summed E-state index contributed by atoms with van der Waals surface area (Å²) in [7, 11) is 1.57. The van der Waals surface area contributed by atoms with Crippen molar-refractivity contribution in [2.24, 2.45) is 0 Å². The molecule has 0 fully saturated rings. The highest BCUT2D eigenvalue weighted by molar-refractivity contribution is 7.99.